The molecule has 1 aromatic rings. The number of hydrogen-bond acceptors (Lipinski definition) is 6. The van der Waals surface area contributed by atoms with Crippen molar-refractivity contribution in [1.29, 1.82) is 0 Å². The van der Waals surface area contributed by atoms with Crippen LogP contribution < -0.4 is 10.1 Å². The minimum absolute atomic E-state index is 0.0629. The summed E-state index contributed by atoms with van der Waals surface area (Å²) >= 11 is 0. The highest BCUT2D eigenvalue weighted by Gasteiger charge is 2.17. The summed E-state index contributed by atoms with van der Waals surface area (Å²) in [6.45, 7) is 3.83. The molecule has 0 unspecified atom stereocenters. The van der Waals surface area contributed by atoms with Crippen molar-refractivity contribution in [3.63, 3.8) is 0 Å². The number of nitrogens with zero attached hydrogens (tertiary/aromatic N) is 3. The van der Waals surface area contributed by atoms with Gasteiger partial charge in [-0.25, -0.2) is 0 Å². The molecular formula is C12H20N4O3. The third kappa shape index (κ3) is 5.09. The highest BCUT2D eigenvalue weighted by atomic mass is 16.6. The lowest BCUT2D eigenvalue weighted by Gasteiger charge is -2.11. The number of nitrogens with one attached hydrogen (secondary N) is 1. The quantitative estimate of drug-likeness (QED) is 0.571. The molecule has 0 aliphatic heterocycles. The minimum Gasteiger partial charge on any atom is -0.471 e. The van der Waals surface area contributed by atoms with E-state index in [1.807, 2.05) is 25.9 Å². The van der Waals surface area contributed by atoms with Crippen molar-refractivity contribution in [3.8, 4) is 5.88 Å². The largest absolute Gasteiger partial charge is 0.471 e. The van der Waals surface area contributed by atoms with Gasteiger partial charge in [0.1, 0.15) is 12.4 Å². The van der Waals surface area contributed by atoms with E-state index in [0.717, 1.165) is 13.0 Å². The molecule has 0 atom stereocenters. The van der Waals surface area contributed by atoms with Gasteiger partial charge in [0.2, 0.25) is 0 Å². The fraction of sp³-hybridized carbons (Fsp3) is 0.583. The number of nitro groups is 1. The van der Waals surface area contributed by atoms with Crippen LogP contribution in [-0.4, -0.2) is 48.6 Å². The molecule has 0 aliphatic rings. The molecule has 1 heterocycles. The van der Waals surface area contributed by atoms with E-state index in [1.165, 1.54) is 6.07 Å². The van der Waals surface area contributed by atoms with Gasteiger partial charge in [0.25, 0.3) is 5.88 Å². The van der Waals surface area contributed by atoms with Crippen LogP contribution in [0.3, 0.4) is 0 Å². The predicted molar refractivity (Wildman–Crippen MR) is 73.7 cm³/mol. The zero-order valence-electron chi connectivity index (χ0n) is 11.5. The summed E-state index contributed by atoms with van der Waals surface area (Å²) in [7, 11) is 3.81. The van der Waals surface area contributed by atoms with Crippen molar-refractivity contribution >= 4 is 11.5 Å². The Balaban J connectivity index is 2.79. The summed E-state index contributed by atoms with van der Waals surface area (Å²) in [5.74, 6) is 0.653. The van der Waals surface area contributed by atoms with E-state index in [9.17, 15) is 10.1 Å². The van der Waals surface area contributed by atoms with Crippen LogP contribution in [0.25, 0.3) is 0 Å². The molecule has 1 aromatic heterocycles. The second kappa shape index (κ2) is 7.52. The summed E-state index contributed by atoms with van der Waals surface area (Å²) in [5, 5.41) is 14.0. The molecule has 0 aliphatic carbocycles. The number of aromatic nitrogens is 1. The van der Waals surface area contributed by atoms with Crippen molar-refractivity contribution in [3.05, 3.63) is 22.2 Å². The van der Waals surface area contributed by atoms with Gasteiger partial charge in [0.15, 0.2) is 0 Å². The van der Waals surface area contributed by atoms with Gasteiger partial charge in [0, 0.05) is 19.2 Å². The third-order valence-corrected chi connectivity index (χ3v) is 2.37. The molecule has 0 spiro atoms. The van der Waals surface area contributed by atoms with Crippen LogP contribution in [0.1, 0.15) is 13.3 Å². The maximum absolute atomic E-state index is 10.9. The standard InChI is InChI=1S/C12H20N4O3/c1-4-7-13-11-6-5-10(16(17)18)12(14-11)19-9-8-15(2)3/h5-6H,4,7-9H2,1-3H3,(H,13,14). The van der Waals surface area contributed by atoms with E-state index < -0.39 is 4.92 Å². The SMILES string of the molecule is CCCNc1ccc([N+](=O)[O-])c(OCCN(C)C)n1. The molecule has 19 heavy (non-hydrogen) atoms. The lowest BCUT2D eigenvalue weighted by molar-refractivity contribution is -0.386. The van der Waals surface area contributed by atoms with Crippen molar-refractivity contribution < 1.29 is 9.66 Å². The number of likely N-dealkylation sites (N-methyl/N-ethyl adjacent to an activating group) is 1. The maximum atomic E-state index is 10.9. The molecule has 0 saturated carbocycles. The monoisotopic (exact) mass is 268 g/mol. The molecule has 0 fully saturated rings. The minimum atomic E-state index is -0.485. The smallest absolute Gasteiger partial charge is 0.331 e. The Labute approximate surface area is 112 Å². The van der Waals surface area contributed by atoms with Gasteiger partial charge >= 0.3 is 5.69 Å². The van der Waals surface area contributed by atoms with Crippen molar-refractivity contribution in [2.24, 2.45) is 0 Å². The Morgan fingerprint density at radius 3 is 2.79 bits per heavy atom. The van der Waals surface area contributed by atoms with Crippen molar-refractivity contribution in [2.45, 2.75) is 13.3 Å². The Kier molecular flexibility index (Phi) is 6.01. The fourth-order valence-electron chi connectivity index (χ4n) is 1.35. The molecule has 7 heteroatoms. The second-order valence-electron chi connectivity index (χ2n) is 4.36. The zero-order chi connectivity index (χ0) is 14.3. The number of hydrogen-bond donors (Lipinski definition) is 1. The normalized spacial score (nSPS) is 10.5. The average molecular weight is 268 g/mol. The first-order chi connectivity index (χ1) is 9.04. The fourth-order valence-corrected chi connectivity index (χ4v) is 1.35. The van der Waals surface area contributed by atoms with Crippen LogP contribution >= 0.6 is 0 Å². The van der Waals surface area contributed by atoms with E-state index in [-0.39, 0.29) is 11.6 Å². The van der Waals surface area contributed by atoms with Gasteiger partial charge in [0.05, 0.1) is 4.92 Å². The Bertz CT molecular complexity index is 423. The summed E-state index contributed by atoms with van der Waals surface area (Å²) in [5.41, 5.74) is -0.110. The van der Waals surface area contributed by atoms with E-state index >= 15 is 0 Å². The number of ether oxygens (including phenoxy) is 1. The topological polar surface area (TPSA) is 80.5 Å². The molecule has 1 rings (SSSR count). The Hall–Kier alpha value is -1.89. The first-order valence-corrected chi connectivity index (χ1v) is 6.21. The van der Waals surface area contributed by atoms with E-state index in [0.29, 0.717) is 19.0 Å². The second-order valence-corrected chi connectivity index (χ2v) is 4.36. The molecule has 106 valence electrons. The van der Waals surface area contributed by atoms with Gasteiger partial charge in [-0.05, 0) is 26.6 Å². The third-order valence-electron chi connectivity index (χ3n) is 2.37. The Morgan fingerprint density at radius 2 is 2.21 bits per heavy atom. The molecule has 0 aromatic carbocycles. The molecule has 7 nitrogen and oxygen atoms in total. The van der Waals surface area contributed by atoms with E-state index in [2.05, 4.69) is 10.3 Å². The van der Waals surface area contributed by atoms with Crippen molar-refractivity contribution in [1.82, 2.24) is 9.88 Å². The molecule has 1 N–H and O–H groups in total. The first kappa shape index (κ1) is 15.2. The lowest BCUT2D eigenvalue weighted by atomic mass is 10.4. The molecular weight excluding hydrogens is 248 g/mol. The Morgan fingerprint density at radius 1 is 1.47 bits per heavy atom. The van der Waals surface area contributed by atoms with Crippen LogP contribution in [0.5, 0.6) is 5.88 Å². The van der Waals surface area contributed by atoms with Crippen LogP contribution in [0, 0.1) is 10.1 Å². The maximum Gasteiger partial charge on any atom is 0.331 e. The summed E-state index contributed by atoms with van der Waals surface area (Å²) < 4.78 is 5.40. The highest BCUT2D eigenvalue weighted by molar-refractivity contribution is 5.49. The zero-order valence-corrected chi connectivity index (χ0v) is 11.5. The van der Waals surface area contributed by atoms with Gasteiger partial charge in [-0.15, -0.1) is 0 Å². The molecule has 0 saturated heterocycles. The average Bonchev–Trinajstić information content (AvgIpc) is 2.35. The summed E-state index contributed by atoms with van der Waals surface area (Å²) in [4.78, 5) is 16.5. The summed E-state index contributed by atoms with van der Waals surface area (Å²) in [6, 6.07) is 3.00. The molecule has 0 bridgehead atoms. The predicted octanol–water partition coefficient (Wildman–Crippen LogP) is 1.75. The van der Waals surface area contributed by atoms with E-state index in [1.54, 1.807) is 6.07 Å². The lowest BCUT2D eigenvalue weighted by Crippen LogP contribution is -2.20. The van der Waals surface area contributed by atoms with Crippen LogP contribution in [-0.2, 0) is 0 Å². The number of pyridine rings is 1. The van der Waals surface area contributed by atoms with Gasteiger partial charge in [-0.3, -0.25) is 10.1 Å². The van der Waals surface area contributed by atoms with Crippen molar-refractivity contribution in [2.75, 3.05) is 39.1 Å². The van der Waals surface area contributed by atoms with Gasteiger partial charge in [-0.2, -0.15) is 4.98 Å². The summed E-state index contributed by atoms with van der Waals surface area (Å²) in [6.07, 6.45) is 0.954. The van der Waals surface area contributed by atoms with Crippen LogP contribution in [0.4, 0.5) is 11.5 Å². The number of rotatable bonds is 8. The van der Waals surface area contributed by atoms with Gasteiger partial charge < -0.3 is 15.0 Å². The first-order valence-electron chi connectivity index (χ1n) is 6.21. The van der Waals surface area contributed by atoms with E-state index in [4.69, 9.17) is 4.74 Å². The van der Waals surface area contributed by atoms with Crippen LogP contribution in [0.15, 0.2) is 12.1 Å². The van der Waals surface area contributed by atoms with Gasteiger partial charge in [-0.1, -0.05) is 6.92 Å². The number of anilines is 1. The van der Waals surface area contributed by atoms with Crippen LogP contribution in [0.2, 0.25) is 0 Å². The molecule has 0 amide bonds. The highest BCUT2D eigenvalue weighted by Crippen LogP contribution is 2.26. The molecule has 0 radical (unpaired) electrons.